The van der Waals surface area contributed by atoms with Gasteiger partial charge in [0.2, 0.25) is 5.91 Å². The molecule has 3 amide bonds. The number of urea groups is 1. The van der Waals surface area contributed by atoms with Crippen molar-refractivity contribution >= 4 is 23.3 Å². The quantitative estimate of drug-likeness (QED) is 0.745. The van der Waals surface area contributed by atoms with Crippen molar-refractivity contribution in [3.8, 4) is 0 Å². The smallest absolute Gasteiger partial charge is 0.324 e. The van der Waals surface area contributed by atoms with Crippen molar-refractivity contribution in [3.05, 3.63) is 58.7 Å². The predicted molar refractivity (Wildman–Crippen MR) is 121 cm³/mol. The van der Waals surface area contributed by atoms with Crippen molar-refractivity contribution < 1.29 is 9.59 Å². The highest BCUT2D eigenvalue weighted by Gasteiger charge is 2.28. The van der Waals surface area contributed by atoms with Crippen LogP contribution in [0, 0.1) is 26.7 Å². The summed E-state index contributed by atoms with van der Waals surface area (Å²) >= 11 is 0. The minimum absolute atomic E-state index is 0.0480. The zero-order chi connectivity index (χ0) is 21.3. The lowest BCUT2D eigenvalue weighted by molar-refractivity contribution is -0.122. The Kier molecular flexibility index (Phi) is 5.80. The number of amides is 3. The highest BCUT2D eigenvalue weighted by atomic mass is 16.2. The van der Waals surface area contributed by atoms with Crippen molar-refractivity contribution in [2.45, 2.75) is 53.0 Å². The Balaban J connectivity index is 1.44. The number of nitrogens with one attached hydrogen (secondary N) is 1. The fourth-order valence-corrected chi connectivity index (χ4v) is 4.46. The third-order valence-electron chi connectivity index (χ3n) is 6.42. The van der Waals surface area contributed by atoms with Gasteiger partial charge in [0.15, 0.2) is 0 Å². The van der Waals surface area contributed by atoms with E-state index in [1.807, 2.05) is 34.1 Å². The summed E-state index contributed by atoms with van der Waals surface area (Å²) in [5.74, 6) is 0.272. The SMILES string of the molecule is Cc1cc(C)c(CN2CCCN(c3ccc(NC(=O)C4CCC4)cc3)C2=O)c(C)c1. The first kappa shape index (κ1) is 20.5. The van der Waals surface area contributed by atoms with Gasteiger partial charge in [0.25, 0.3) is 0 Å². The average molecular weight is 406 g/mol. The third kappa shape index (κ3) is 4.20. The van der Waals surface area contributed by atoms with E-state index in [1.165, 1.54) is 22.3 Å². The van der Waals surface area contributed by atoms with Crippen molar-refractivity contribution in [1.29, 1.82) is 0 Å². The molecule has 2 fully saturated rings. The van der Waals surface area contributed by atoms with E-state index in [0.29, 0.717) is 6.54 Å². The van der Waals surface area contributed by atoms with Crippen LogP contribution in [0.25, 0.3) is 0 Å². The predicted octanol–water partition coefficient (Wildman–Crippen LogP) is 5.18. The maximum Gasteiger partial charge on any atom is 0.324 e. The first-order chi connectivity index (χ1) is 14.4. The molecule has 5 heteroatoms. The highest BCUT2D eigenvalue weighted by molar-refractivity contribution is 5.95. The standard InChI is InChI=1S/C25H31N3O2/c1-17-14-18(2)23(19(3)15-17)16-27-12-5-13-28(25(27)30)22-10-8-21(9-11-22)26-24(29)20-6-4-7-20/h8-11,14-15,20H,4-7,12-13,16H2,1-3H3,(H,26,29). The molecule has 2 aromatic rings. The van der Waals surface area contributed by atoms with Crippen LogP contribution in [0.2, 0.25) is 0 Å². The largest absolute Gasteiger partial charge is 0.326 e. The average Bonchev–Trinajstić information content (AvgIpc) is 2.65. The van der Waals surface area contributed by atoms with E-state index < -0.39 is 0 Å². The summed E-state index contributed by atoms with van der Waals surface area (Å²) in [7, 11) is 0. The van der Waals surface area contributed by atoms with Crippen molar-refractivity contribution in [1.82, 2.24) is 4.90 Å². The van der Waals surface area contributed by atoms with Crippen LogP contribution in [0.5, 0.6) is 0 Å². The van der Waals surface area contributed by atoms with Gasteiger partial charge in [0, 0.05) is 36.9 Å². The minimum Gasteiger partial charge on any atom is -0.326 e. The van der Waals surface area contributed by atoms with Crippen molar-refractivity contribution in [3.63, 3.8) is 0 Å². The molecule has 158 valence electrons. The zero-order valence-electron chi connectivity index (χ0n) is 18.2. The number of hydrogen-bond acceptors (Lipinski definition) is 2. The first-order valence-electron chi connectivity index (χ1n) is 11.0. The molecule has 0 aromatic heterocycles. The second-order valence-electron chi connectivity index (χ2n) is 8.75. The van der Waals surface area contributed by atoms with E-state index >= 15 is 0 Å². The molecule has 30 heavy (non-hydrogen) atoms. The summed E-state index contributed by atoms with van der Waals surface area (Å²) in [6, 6.07) is 12.1. The third-order valence-corrected chi connectivity index (χ3v) is 6.42. The van der Waals surface area contributed by atoms with E-state index in [2.05, 4.69) is 38.2 Å². The normalized spacial score (nSPS) is 17.1. The van der Waals surface area contributed by atoms with E-state index in [4.69, 9.17) is 0 Å². The monoisotopic (exact) mass is 405 g/mol. The number of carbonyl (C=O) groups excluding carboxylic acids is 2. The Morgan fingerprint density at radius 1 is 1.00 bits per heavy atom. The summed E-state index contributed by atoms with van der Waals surface area (Å²) in [5.41, 5.74) is 6.65. The molecule has 1 saturated carbocycles. The molecule has 2 aromatic carbocycles. The fraction of sp³-hybridized carbons (Fsp3) is 0.440. The lowest BCUT2D eigenvalue weighted by atomic mass is 9.85. The van der Waals surface area contributed by atoms with Crippen molar-refractivity contribution in [2.24, 2.45) is 5.92 Å². The van der Waals surface area contributed by atoms with Crippen LogP contribution in [0.1, 0.15) is 47.9 Å². The van der Waals surface area contributed by atoms with Crippen LogP contribution in [0.4, 0.5) is 16.2 Å². The van der Waals surface area contributed by atoms with Gasteiger partial charge < -0.3 is 10.2 Å². The molecule has 0 radical (unpaired) electrons. The number of carbonyl (C=O) groups is 2. The second kappa shape index (κ2) is 8.50. The van der Waals surface area contributed by atoms with Crippen LogP contribution >= 0.6 is 0 Å². The number of hydrogen-bond donors (Lipinski definition) is 1. The van der Waals surface area contributed by atoms with E-state index in [9.17, 15) is 9.59 Å². The van der Waals surface area contributed by atoms with Gasteiger partial charge in [-0.1, -0.05) is 24.1 Å². The molecule has 0 atom stereocenters. The van der Waals surface area contributed by atoms with Gasteiger partial charge >= 0.3 is 6.03 Å². The molecule has 1 heterocycles. The maximum absolute atomic E-state index is 13.2. The topological polar surface area (TPSA) is 52.6 Å². The summed E-state index contributed by atoms with van der Waals surface area (Å²) in [6.45, 7) is 8.49. The van der Waals surface area contributed by atoms with Crippen LogP contribution in [-0.4, -0.2) is 29.9 Å². The molecule has 1 saturated heterocycles. The molecule has 1 aliphatic heterocycles. The summed E-state index contributed by atoms with van der Waals surface area (Å²) < 4.78 is 0. The number of rotatable bonds is 5. The van der Waals surface area contributed by atoms with Gasteiger partial charge in [-0.15, -0.1) is 0 Å². The van der Waals surface area contributed by atoms with E-state index in [1.54, 1.807) is 0 Å². The number of aryl methyl sites for hydroxylation is 3. The Morgan fingerprint density at radius 2 is 1.67 bits per heavy atom. The Morgan fingerprint density at radius 3 is 2.27 bits per heavy atom. The molecule has 5 nitrogen and oxygen atoms in total. The number of benzene rings is 2. The molecule has 0 spiro atoms. The van der Waals surface area contributed by atoms with Crippen LogP contribution in [0.15, 0.2) is 36.4 Å². The van der Waals surface area contributed by atoms with Gasteiger partial charge in [-0.3, -0.25) is 9.69 Å². The van der Waals surface area contributed by atoms with E-state index in [0.717, 1.165) is 50.1 Å². The van der Waals surface area contributed by atoms with Crippen LogP contribution in [-0.2, 0) is 11.3 Å². The van der Waals surface area contributed by atoms with Gasteiger partial charge in [0.1, 0.15) is 0 Å². The van der Waals surface area contributed by atoms with Gasteiger partial charge in [0.05, 0.1) is 0 Å². The maximum atomic E-state index is 13.2. The lowest BCUT2D eigenvalue weighted by Crippen LogP contribution is -2.49. The number of nitrogens with zero attached hydrogens (tertiary/aromatic N) is 2. The second-order valence-corrected chi connectivity index (χ2v) is 8.75. The summed E-state index contributed by atoms with van der Waals surface area (Å²) in [4.78, 5) is 29.1. The molecule has 2 aliphatic rings. The fourth-order valence-electron chi connectivity index (χ4n) is 4.46. The van der Waals surface area contributed by atoms with Crippen LogP contribution < -0.4 is 10.2 Å². The van der Waals surface area contributed by atoms with Gasteiger partial charge in [-0.2, -0.15) is 0 Å². The van der Waals surface area contributed by atoms with Crippen molar-refractivity contribution in [2.75, 3.05) is 23.3 Å². The Bertz CT molecular complexity index is 924. The molecule has 0 unspecified atom stereocenters. The summed E-state index contributed by atoms with van der Waals surface area (Å²) in [5, 5.41) is 2.99. The lowest BCUT2D eigenvalue weighted by Gasteiger charge is -2.36. The van der Waals surface area contributed by atoms with Gasteiger partial charge in [-0.25, -0.2) is 4.79 Å². The molecule has 1 N–H and O–H groups in total. The zero-order valence-corrected chi connectivity index (χ0v) is 18.2. The number of anilines is 2. The molecular formula is C25H31N3O2. The Labute approximate surface area is 179 Å². The molecular weight excluding hydrogens is 374 g/mol. The van der Waals surface area contributed by atoms with E-state index in [-0.39, 0.29) is 17.9 Å². The molecule has 0 bridgehead atoms. The minimum atomic E-state index is 0.0480. The first-order valence-corrected chi connectivity index (χ1v) is 11.0. The molecule has 1 aliphatic carbocycles. The summed E-state index contributed by atoms with van der Waals surface area (Å²) in [6.07, 6.45) is 4.06. The highest BCUT2D eigenvalue weighted by Crippen LogP contribution is 2.29. The molecule has 4 rings (SSSR count). The van der Waals surface area contributed by atoms with Crippen LogP contribution in [0.3, 0.4) is 0 Å². The van der Waals surface area contributed by atoms with Gasteiger partial charge in [-0.05, 0) is 81.0 Å². The Hall–Kier alpha value is -2.82.